The molecule has 0 aliphatic carbocycles. The maximum atomic E-state index is 12.7. The number of hydrazine groups is 1. The van der Waals surface area contributed by atoms with Crippen LogP contribution in [0.15, 0.2) is 70.7 Å². The van der Waals surface area contributed by atoms with Crippen LogP contribution in [0.5, 0.6) is 11.5 Å². The molecule has 0 atom stereocenters. The maximum absolute atomic E-state index is 12.7. The summed E-state index contributed by atoms with van der Waals surface area (Å²) in [6.07, 6.45) is 1.63. The van der Waals surface area contributed by atoms with Crippen LogP contribution in [0.25, 0.3) is 0 Å². The number of carbonyl (C=O) groups excluding carboxylic acids is 2. The minimum Gasteiger partial charge on any atom is -0.490 e. The van der Waals surface area contributed by atoms with Crippen LogP contribution in [-0.2, 0) is 4.79 Å². The molecule has 0 fully saturated rings. The number of amides is 2. The van der Waals surface area contributed by atoms with Crippen molar-refractivity contribution in [3.63, 3.8) is 0 Å². The lowest BCUT2D eigenvalue weighted by Gasteiger charge is -2.13. The molecule has 0 bridgehead atoms. The van der Waals surface area contributed by atoms with Crippen LogP contribution in [0.4, 0.5) is 0 Å². The van der Waals surface area contributed by atoms with E-state index in [0.29, 0.717) is 28.7 Å². The molecule has 2 aromatic carbocycles. The van der Waals surface area contributed by atoms with Crippen LogP contribution in [0.3, 0.4) is 0 Å². The van der Waals surface area contributed by atoms with Crippen molar-refractivity contribution in [1.82, 2.24) is 15.8 Å². The minimum absolute atomic E-state index is 0.276. The van der Waals surface area contributed by atoms with Crippen molar-refractivity contribution in [3.8, 4) is 11.5 Å². The van der Waals surface area contributed by atoms with E-state index in [0.717, 1.165) is 10.5 Å². The van der Waals surface area contributed by atoms with Gasteiger partial charge in [-0.2, -0.15) is 0 Å². The molecule has 1 heterocycles. The molecule has 32 heavy (non-hydrogen) atoms. The number of nitrogens with one attached hydrogen (secondary N) is 2. The van der Waals surface area contributed by atoms with Gasteiger partial charge >= 0.3 is 0 Å². The van der Waals surface area contributed by atoms with E-state index in [9.17, 15) is 9.59 Å². The summed E-state index contributed by atoms with van der Waals surface area (Å²) in [5.74, 6) is 0.0368. The molecule has 0 saturated heterocycles. The molecule has 2 N–H and O–H groups in total. The first-order valence-electron chi connectivity index (χ1n) is 10.1. The Hall–Kier alpha value is -3.52. The molecule has 166 valence electrons. The number of benzene rings is 2. The first-order chi connectivity index (χ1) is 15.5. The maximum Gasteiger partial charge on any atom is 0.276 e. The number of hydrogen-bond acceptors (Lipinski definition) is 6. The average Bonchev–Trinajstić information content (AvgIpc) is 2.80. The lowest BCUT2D eigenvalue weighted by Crippen LogP contribution is -2.44. The Balaban J connectivity index is 1.58. The second-order valence-corrected chi connectivity index (χ2v) is 7.94. The fourth-order valence-corrected chi connectivity index (χ4v) is 3.73. The second-order valence-electron chi connectivity index (χ2n) is 6.87. The Kier molecular flexibility index (Phi) is 8.10. The van der Waals surface area contributed by atoms with Crippen molar-refractivity contribution in [2.45, 2.75) is 30.7 Å². The van der Waals surface area contributed by atoms with Crippen LogP contribution in [0.2, 0.25) is 0 Å². The second kappa shape index (κ2) is 11.2. The predicted octanol–water partition coefficient (Wildman–Crippen LogP) is 4.09. The molecular weight excluding hydrogens is 426 g/mol. The predicted molar refractivity (Wildman–Crippen MR) is 123 cm³/mol. The number of rotatable bonds is 8. The van der Waals surface area contributed by atoms with E-state index in [1.807, 2.05) is 39.0 Å². The van der Waals surface area contributed by atoms with Crippen LogP contribution in [0, 0.1) is 13.8 Å². The van der Waals surface area contributed by atoms with Crippen LogP contribution < -0.4 is 20.3 Å². The zero-order valence-electron chi connectivity index (χ0n) is 18.2. The van der Waals surface area contributed by atoms with Crippen molar-refractivity contribution >= 4 is 23.6 Å². The number of aryl methyl sites for hydroxylation is 2. The van der Waals surface area contributed by atoms with Gasteiger partial charge in [0.15, 0.2) is 18.1 Å². The van der Waals surface area contributed by atoms with E-state index in [-0.39, 0.29) is 6.61 Å². The standard InChI is InChI=1S/C24H25N3O4S/c1-4-30-20-9-5-6-10-21(20)31-15-22(28)26-27-23(29)19-8-7-13-25-24(19)32-18-12-11-16(2)17(3)14-18/h5-14H,4,15H2,1-3H3,(H,26,28)(H,27,29). The molecule has 0 aliphatic heterocycles. The normalized spacial score (nSPS) is 10.3. The highest BCUT2D eigenvalue weighted by atomic mass is 32.2. The van der Waals surface area contributed by atoms with Gasteiger partial charge in [-0.1, -0.05) is 30.0 Å². The van der Waals surface area contributed by atoms with Crippen molar-refractivity contribution in [2.24, 2.45) is 0 Å². The Morgan fingerprint density at radius 3 is 2.41 bits per heavy atom. The van der Waals surface area contributed by atoms with Gasteiger partial charge in [-0.3, -0.25) is 20.4 Å². The summed E-state index contributed by atoms with van der Waals surface area (Å²) in [5, 5.41) is 0.546. The number of nitrogens with zero attached hydrogens (tertiary/aromatic N) is 1. The Morgan fingerprint density at radius 1 is 0.938 bits per heavy atom. The van der Waals surface area contributed by atoms with Crippen molar-refractivity contribution < 1.29 is 19.1 Å². The minimum atomic E-state index is -0.503. The van der Waals surface area contributed by atoms with Crippen LogP contribution in [-0.4, -0.2) is 30.0 Å². The van der Waals surface area contributed by atoms with E-state index in [1.54, 1.807) is 36.5 Å². The lowest BCUT2D eigenvalue weighted by atomic mass is 10.1. The highest BCUT2D eigenvalue weighted by Gasteiger charge is 2.15. The van der Waals surface area contributed by atoms with E-state index in [2.05, 4.69) is 21.9 Å². The van der Waals surface area contributed by atoms with Crippen LogP contribution in [0.1, 0.15) is 28.4 Å². The number of hydrogen-bond donors (Lipinski definition) is 2. The van der Waals surface area contributed by atoms with Gasteiger partial charge in [-0.15, -0.1) is 0 Å². The Labute approximate surface area is 191 Å². The number of aromatic nitrogens is 1. The highest BCUT2D eigenvalue weighted by Crippen LogP contribution is 2.30. The van der Waals surface area contributed by atoms with Gasteiger partial charge in [0.05, 0.1) is 12.2 Å². The number of pyridine rings is 1. The van der Waals surface area contributed by atoms with Gasteiger partial charge in [0.2, 0.25) is 0 Å². The third-order valence-corrected chi connectivity index (χ3v) is 5.54. The molecule has 0 unspecified atom stereocenters. The fraction of sp³-hybridized carbons (Fsp3) is 0.208. The molecule has 0 radical (unpaired) electrons. The topological polar surface area (TPSA) is 89.5 Å². The van der Waals surface area contributed by atoms with Gasteiger partial charge < -0.3 is 9.47 Å². The van der Waals surface area contributed by atoms with Crippen molar-refractivity contribution in [2.75, 3.05) is 13.2 Å². The first-order valence-corrected chi connectivity index (χ1v) is 10.9. The summed E-state index contributed by atoms with van der Waals surface area (Å²) < 4.78 is 11.0. The van der Waals surface area contributed by atoms with E-state index in [1.165, 1.54) is 17.3 Å². The lowest BCUT2D eigenvalue weighted by molar-refractivity contribution is -0.123. The van der Waals surface area contributed by atoms with Gasteiger partial charge in [0, 0.05) is 11.1 Å². The molecule has 3 aromatic rings. The molecule has 0 aliphatic rings. The molecule has 7 nitrogen and oxygen atoms in total. The third kappa shape index (κ3) is 6.24. The Morgan fingerprint density at radius 2 is 1.69 bits per heavy atom. The summed E-state index contributed by atoms with van der Waals surface area (Å²) in [7, 11) is 0. The summed E-state index contributed by atoms with van der Waals surface area (Å²) in [6.45, 7) is 6.16. The highest BCUT2D eigenvalue weighted by molar-refractivity contribution is 7.99. The average molecular weight is 452 g/mol. The molecule has 3 rings (SSSR count). The molecule has 2 amide bonds. The van der Waals surface area contributed by atoms with Crippen LogP contribution >= 0.6 is 11.8 Å². The molecule has 0 spiro atoms. The molecular formula is C24H25N3O4S. The van der Waals surface area contributed by atoms with Gasteiger partial charge in [-0.05, 0) is 68.3 Å². The van der Waals surface area contributed by atoms with E-state index >= 15 is 0 Å². The first kappa shape index (κ1) is 23.1. The fourth-order valence-electron chi connectivity index (χ4n) is 2.75. The van der Waals surface area contributed by atoms with Crippen molar-refractivity contribution in [1.29, 1.82) is 0 Å². The summed E-state index contributed by atoms with van der Waals surface area (Å²) in [4.78, 5) is 30.1. The monoisotopic (exact) mass is 451 g/mol. The summed E-state index contributed by atoms with van der Waals surface area (Å²) in [5.41, 5.74) is 7.51. The number of carbonyl (C=O) groups is 2. The summed E-state index contributed by atoms with van der Waals surface area (Å²) in [6, 6.07) is 16.5. The zero-order chi connectivity index (χ0) is 22.9. The molecule has 1 aromatic heterocycles. The van der Waals surface area contributed by atoms with Gasteiger partial charge in [0.1, 0.15) is 5.03 Å². The SMILES string of the molecule is CCOc1ccccc1OCC(=O)NNC(=O)c1cccnc1Sc1ccc(C)c(C)c1. The summed E-state index contributed by atoms with van der Waals surface area (Å²) >= 11 is 1.39. The van der Waals surface area contributed by atoms with Gasteiger partial charge in [-0.25, -0.2) is 4.98 Å². The third-order valence-electron chi connectivity index (χ3n) is 4.53. The smallest absolute Gasteiger partial charge is 0.276 e. The molecule has 8 heteroatoms. The molecule has 0 saturated carbocycles. The zero-order valence-corrected chi connectivity index (χ0v) is 19.0. The quantitative estimate of drug-likeness (QED) is 0.502. The van der Waals surface area contributed by atoms with Gasteiger partial charge in [0.25, 0.3) is 11.8 Å². The Bertz CT molecular complexity index is 1100. The largest absolute Gasteiger partial charge is 0.490 e. The van der Waals surface area contributed by atoms with Crippen molar-refractivity contribution in [3.05, 3.63) is 77.5 Å². The van der Waals surface area contributed by atoms with E-state index < -0.39 is 11.8 Å². The number of ether oxygens (including phenoxy) is 2. The number of para-hydroxylation sites is 2. The van der Waals surface area contributed by atoms with E-state index in [4.69, 9.17) is 9.47 Å².